The first-order valence-electron chi connectivity index (χ1n) is 6.74. The molecule has 2 heterocycles. The fourth-order valence-electron chi connectivity index (χ4n) is 1.80. The lowest BCUT2D eigenvalue weighted by Gasteiger charge is -2.15. The van der Waals surface area contributed by atoms with Gasteiger partial charge >= 0.3 is 0 Å². The molecule has 3 N–H and O–H groups in total. The Balaban J connectivity index is 2.08. The standard InChI is InChI=1S/C13H20N6OS/c1-4-5-16-13-17-11(14)10(21-13)12(20)19(3)8-9-15-6-7-18(9)2/h6-7H,4-5,8,14H2,1-3H3,(H,16,17). The van der Waals surface area contributed by atoms with Crippen molar-refractivity contribution in [2.45, 2.75) is 19.9 Å². The normalized spacial score (nSPS) is 10.6. The number of anilines is 2. The maximum absolute atomic E-state index is 12.4. The van der Waals surface area contributed by atoms with Crippen LogP contribution in [0.1, 0.15) is 28.8 Å². The molecule has 0 saturated carbocycles. The fourth-order valence-corrected chi connectivity index (χ4v) is 2.70. The Hall–Kier alpha value is -2.09. The maximum atomic E-state index is 12.4. The van der Waals surface area contributed by atoms with E-state index < -0.39 is 0 Å². The second-order valence-electron chi connectivity index (χ2n) is 4.78. The van der Waals surface area contributed by atoms with Crippen molar-refractivity contribution >= 4 is 28.2 Å². The predicted molar refractivity (Wildman–Crippen MR) is 84.3 cm³/mol. The Kier molecular flexibility index (Phi) is 4.79. The topological polar surface area (TPSA) is 89.1 Å². The summed E-state index contributed by atoms with van der Waals surface area (Å²) in [6.45, 7) is 3.30. The summed E-state index contributed by atoms with van der Waals surface area (Å²) in [5, 5.41) is 3.83. The fraction of sp³-hybridized carbons (Fsp3) is 0.462. The Bertz CT molecular complexity index is 620. The van der Waals surface area contributed by atoms with Crippen LogP contribution in [0.15, 0.2) is 12.4 Å². The number of nitrogens with zero attached hydrogens (tertiary/aromatic N) is 4. The zero-order chi connectivity index (χ0) is 15.4. The molecular weight excluding hydrogens is 288 g/mol. The summed E-state index contributed by atoms with van der Waals surface area (Å²) in [5.74, 6) is 0.950. The Morgan fingerprint density at radius 3 is 2.95 bits per heavy atom. The van der Waals surface area contributed by atoms with Crippen LogP contribution >= 0.6 is 11.3 Å². The summed E-state index contributed by atoms with van der Waals surface area (Å²) in [5.41, 5.74) is 5.85. The number of nitrogens with two attached hydrogens (primary N) is 1. The van der Waals surface area contributed by atoms with Gasteiger partial charge in [-0.3, -0.25) is 4.79 Å². The molecule has 0 aliphatic heterocycles. The van der Waals surface area contributed by atoms with Crippen molar-refractivity contribution < 1.29 is 4.79 Å². The van der Waals surface area contributed by atoms with E-state index in [-0.39, 0.29) is 11.7 Å². The number of thiazole rings is 1. The van der Waals surface area contributed by atoms with Gasteiger partial charge in [-0.15, -0.1) is 0 Å². The van der Waals surface area contributed by atoms with Crippen LogP contribution in [0, 0.1) is 0 Å². The molecule has 2 aromatic heterocycles. The molecule has 2 aromatic rings. The molecule has 0 aliphatic rings. The SMILES string of the molecule is CCCNc1nc(N)c(C(=O)N(C)Cc2nccn2C)s1. The number of nitrogens with one attached hydrogen (secondary N) is 1. The third kappa shape index (κ3) is 3.52. The molecule has 0 atom stereocenters. The van der Waals surface area contributed by atoms with Crippen LogP contribution in [-0.4, -0.2) is 38.9 Å². The molecule has 2 rings (SSSR count). The number of hydrogen-bond acceptors (Lipinski definition) is 6. The van der Waals surface area contributed by atoms with Gasteiger partial charge in [0.1, 0.15) is 16.5 Å². The average Bonchev–Trinajstić information content (AvgIpc) is 3.02. The first-order chi connectivity index (χ1) is 10.0. The van der Waals surface area contributed by atoms with Crippen molar-refractivity contribution in [2.24, 2.45) is 7.05 Å². The molecule has 0 aromatic carbocycles. The molecule has 8 heteroatoms. The van der Waals surface area contributed by atoms with Crippen molar-refractivity contribution in [2.75, 3.05) is 24.6 Å². The number of aryl methyl sites for hydroxylation is 1. The Morgan fingerprint density at radius 1 is 1.57 bits per heavy atom. The van der Waals surface area contributed by atoms with E-state index in [4.69, 9.17) is 5.73 Å². The zero-order valence-electron chi connectivity index (χ0n) is 12.5. The third-order valence-corrected chi connectivity index (χ3v) is 4.04. The highest BCUT2D eigenvalue weighted by molar-refractivity contribution is 7.18. The molecule has 0 spiro atoms. The lowest BCUT2D eigenvalue weighted by atomic mass is 10.4. The minimum Gasteiger partial charge on any atom is -0.382 e. The van der Waals surface area contributed by atoms with Crippen molar-refractivity contribution in [1.82, 2.24) is 19.4 Å². The molecule has 0 unspecified atom stereocenters. The van der Waals surface area contributed by atoms with Gasteiger partial charge in [-0.25, -0.2) is 9.97 Å². The monoisotopic (exact) mass is 308 g/mol. The summed E-state index contributed by atoms with van der Waals surface area (Å²) in [4.78, 5) is 22.9. The summed E-state index contributed by atoms with van der Waals surface area (Å²) < 4.78 is 1.88. The third-order valence-electron chi connectivity index (χ3n) is 3.02. The lowest BCUT2D eigenvalue weighted by molar-refractivity contribution is 0.0786. The predicted octanol–water partition coefficient (Wildman–Crippen LogP) is 1.55. The molecule has 114 valence electrons. The van der Waals surface area contributed by atoms with E-state index in [1.165, 1.54) is 11.3 Å². The van der Waals surface area contributed by atoms with E-state index in [9.17, 15) is 4.79 Å². The molecule has 0 bridgehead atoms. The highest BCUT2D eigenvalue weighted by atomic mass is 32.1. The van der Waals surface area contributed by atoms with Crippen LogP contribution in [0.4, 0.5) is 10.9 Å². The molecule has 0 radical (unpaired) electrons. The highest BCUT2D eigenvalue weighted by Gasteiger charge is 2.20. The van der Waals surface area contributed by atoms with Crippen LogP contribution in [-0.2, 0) is 13.6 Å². The van der Waals surface area contributed by atoms with E-state index in [0.717, 1.165) is 18.8 Å². The summed E-state index contributed by atoms with van der Waals surface area (Å²) in [6.07, 6.45) is 4.55. The van der Waals surface area contributed by atoms with Crippen molar-refractivity contribution in [3.8, 4) is 0 Å². The van der Waals surface area contributed by atoms with Crippen molar-refractivity contribution in [1.29, 1.82) is 0 Å². The molecule has 1 amide bonds. The van der Waals surface area contributed by atoms with Crippen LogP contribution in [0.5, 0.6) is 0 Å². The molecule has 0 aliphatic carbocycles. The average molecular weight is 308 g/mol. The van der Waals surface area contributed by atoms with E-state index in [0.29, 0.717) is 16.6 Å². The van der Waals surface area contributed by atoms with E-state index in [1.54, 1.807) is 18.1 Å². The quantitative estimate of drug-likeness (QED) is 0.845. The van der Waals surface area contributed by atoms with E-state index >= 15 is 0 Å². The largest absolute Gasteiger partial charge is 0.382 e. The molecule has 21 heavy (non-hydrogen) atoms. The number of hydrogen-bond donors (Lipinski definition) is 2. The highest BCUT2D eigenvalue weighted by Crippen LogP contribution is 2.26. The maximum Gasteiger partial charge on any atom is 0.268 e. The second-order valence-corrected chi connectivity index (χ2v) is 5.77. The summed E-state index contributed by atoms with van der Waals surface area (Å²) in [7, 11) is 3.63. The number of rotatable bonds is 6. The number of aromatic nitrogens is 3. The van der Waals surface area contributed by atoms with Gasteiger partial charge in [0.25, 0.3) is 5.91 Å². The van der Waals surface area contributed by atoms with Gasteiger partial charge in [0.15, 0.2) is 5.13 Å². The van der Waals surface area contributed by atoms with Gasteiger partial charge in [0.05, 0.1) is 6.54 Å². The van der Waals surface area contributed by atoms with Gasteiger partial charge in [-0.2, -0.15) is 0 Å². The van der Waals surface area contributed by atoms with Crippen LogP contribution in [0.2, 0.25) is 0 Å². The van der Waals surface area contributed by atoms with Crippen molar-refractivity contribution in [3.63, 3.8) is 0 Å². The second kappa shape index (κ2) is 6.57. The Morgan fingerprint density at radius 2 is 2.33 bits per heavy atom. The van der Waals surface area contributed by atoms with Gasteiger partial charge < -0.3 is 20.5 Å². The van der Waals surface area contributed by atoms with Gasteiger partial charge in [-0.1, -0.05) is 18.3 Å². The van der Waals surface area contributed by atoms with E-state index in [1.807, 2.05) is 17.8 Å². The number of nitrogen functional groups attached to an aromatic ring is 1. The van der Waals surface area contributed by atoms with Crippen molar-refractivity contribution in [3.05, 3.63) is 23.1 Å². The molecular formula is C13H20N6OS. The van der Waals surface area contributed by atoms with Crippen LogP contribution in [0.3, 0.4) is 0 Å². The lowest BCUT2D eigenvalue weighted by Crippen LogP contribution is -2.27. The van der Waals surface area contributed by atoms with Crippen LogP contribution < -0.4 is 11.1 Å². The van der Waals surface area contributed by atoms with Gasteiger partial charge in [0, 0.05) is 33.0 Å². The number of carbonyl (C=O) groups excluding carboxylic acids is 1. The Labute approximate surface area is 127 Å². The van der Waals surface area contributed by atoms with E-state index in [2.05, 4.69) is 22.2 Å². The van der Waals surface area contributed by atoms with Gasteiger partial charge in [0.2, 0.25) is 0 Å². The van der Waals surface area contributed by atoms with Crippen LogP contribution in [0.25, 0.3) is 0 Å². The number of carbonyl (C=O) groups is 1. The smallest absolute Gasteiger partial charge is 0.268 e. The number of imidazole rings is 1. The number of amides is 1. The minimum absolute atomic E-state index is 0.141. The molecule has 0 saturated heterocycles. The first kappa shape index (κ1) is 15.3. The first-order valence-corrected chi connectivity index (χ1v) is 7.56. The molecule has 7 nitrogen and oxygen atoms in total. The summed E-state index contributed by atoms with van der Waals surface area (Å²) in [6, 6.07) is 0. The zero-order valence-corrected chi connectivity index (χ0v) is 13.3. The van der Waals surface area contributed by atoms with Gasteiger partial charge in [-0.05, 0) is 6.42 Å². The summed E-state index contributed by atoms with van der Waals surface area (Å²) >= 11 is 1.29. The minimum atomic E-state index is -0.141. The molecule has 0 fully saturated rings.